The quantitative estimate of drug-likeness (QED) is 0.920. The molecule has 1 heterocycles. The number of hydrogen-bond acceptors (Lipinski definition) is 3. The van der Waals surface area contributed by atoms with Gasteiger partial charge < -0.3 is 15.1 Å². The van der Waals surface area contributed by atoms with Crippen molar-refractivity contribution in [1.29, 1.82) is 0 Å². The summed E-state index contributed by atoms with van der Waals surface area (Å²) in [4.78, 5) is 28.2. The molecule has 0 bridgehead atoms. The van der Waals surface area contributed by atoms with Crippen LogP contribution in [-0.2, 0) is 11.2 Å². The van der Waals surface area contributed by atoms with Gasteiger partial charge >= 0.3 is 0 Å². The highest BCUT2D eigenvalue weighted by atomic mass is 16.2. The fraction of sp³-hybridized carbons (Fsp3) is 0.333. The molecule has 1 aliphatic rings. The average Bonchev–Trinajstić information content (AvgIpc) is 2.64. The Balaban J connectivity index is 1.67. The molecule has 1 atom stereocenters. The SMILES string of the molecule is C[C@@H]1CCc2ccccc2N1CC(=O)Nc1ccc(C(=O)N(C)C)cc1. The van der Waals surface area contributed by atoms with Gasteiger partial charge in [0, 0.05) is 37.1 Å². The fourth-order valence-electron chi connectivity index (χ4n) is 3.31. The Morgan fingerprint density at radius 1 is 1.12 bits per heavy atom. The van der Waals surface area contributed by atoms with Crippen LogP contribution in [0.15, 0.2) is 48.5 Å². The molecule has 3 rings (SSSR count). The summed E-state index contributed by atoms with van der Waals surface area (Å²) in [6, 6.07) is 15.6. The Labute approximate surface area is 154 Å². The number of aryl methyl sites for hydroxylation is 1. The van der Waals surface area contributed by atoms with Crippen molar-refractivity contribution >= 4 is 23.2 Å². The molecule has 26 heavy (non-hydrogen) atoms. The van der Waals surface area contributed by atoms with E-state index in [2.05, 4.69) is 29.3 Å². The molecule has 136 valence electrons. The molecule has 1 N–H and O–H groups in total. The Hall–Kier alpha value is -2.82. The van der Waals surface area contributed by atoms with Crippen molar-refractivity contribution in [1.82, 2.24) is 4.90 Å². The van der Waals surface area contributed by atoms with Crippen molar-refractivity contribution < 1.29 is 9.59 Å². The highest BCUT2D eigenvalue weighted by Crippen LogP contribution is 2.30. The summed E-state index contributed by atoms with van der Waals surface area (Å²) in [5.74, 6) is -0.109. The number of para-hydroxylation sites is 1. The number of fused-ring (bicyclic) bond motifs is 1. The van der Waals surface area contributed by atoms with E-state index in [9.17, 15) is 9.59 Å². The van der Waals surface area contributed by atoms with E-state index in [4.69, 9.17) is 0 Å². The van der Waals surface area contributed by atoms with Crippen molar-refractivity contribution in [3.63, 3.8) is 0 Å². The van der Waals surface area contributed by atoms with Crippen molar-refractivity contribution in [2.45, 2.75) is 25.8 Å². The normalized spacial score (nSPS) is 16.0. The maximum Gasteiger partial charge on any atom is 0.253 e. The Morgan fingerprint density at radius 3 is 2.50 bits per heavy atom. The lowest BCUT2D eigenvalue weighted by atomic mass is 9.96. The molecule has 5 nitrogen and oxygen atoms in total. The first kappa shape index (κ1) is 18.0. The van der Waals surface area contributed by atoms with Crippen LogP contribution < -0.4 is 10.2 Å². The molecule has 5 heteroatoms. The topological polar surface area (TPSA) is 52.7 Å². The maximum absolute atomic E-state index is 12.5. The molecule has 0 saturated heterocycles. The van der Waals surface area contributed by atoms with E-state index in [1.807, 2.05) is 12.1 Å². The van der Waals surface area contributed by atoms with Crippen LogP contribution in [0.25, 0.3) is 0 Å². The summed E-state index contributed by atoms with van der Waals surface area (Å²) in [7, 11) is 3.44. The van der Waals surface area contributed by atoms with Crippen LogP contribution in [-0.4, -0.2) is 43.4 Å². The van der Waals surface area contributed by atoms with E-state index >= 15 is 0 Å². The molecule has 2 aromatic carbocycles. The number of carbonyl (C=O) groups excluding carboxylic acids is 2. The number of anilines is 2. The third-order valence-electron chi connectivity index (χ3n) is 4.80. The van der Waals surface area contributed by atoms with Crippen molar-refractivity contribution in [2.75, 3.05) is 30.9 Å². The number of nitrogens with one attached hydrogen (secondary N) is 1. The molecular weight excluding hydrogens is 326 g/mol. The molecule has 0 saturated carbocycles. The van der Waals surface area contributed by atoms with Gasteiger partial charge in [-0.3, -0.25) is 9.59 Å². The summed E-state index contributed by atoms with van der Waals surface area (Å²) in [6.45, 7) is 2.47. The molecule has 0 spiro atoms. The molecule has 0 aromatic heterocycles. The highest BCUT2D eigenvalue weighted by molar-refractivity contribution is 5.96. The van der Waals surface area contributed by atoms with Crippen molar-refractivity contribution in [2.24, 2.45) is 0 Å². The Kier molecular flexibility index (Phi) is 5.26. The second kappa shape index (κ2) is 7.60. The number of nitrogens with zero attached hydrogens (tertiary/aromatic N) is 2. The second-order valence-electron chi connectivity index (χ2n) is 6.97. The van der Waals surface area contributed by atoms with Gasteiger partial charge in [-0.05, 0) is 55.7 Å². The van der Waals surface area contributed by atoms with Crippen LogP contribution in [0.3, 0.4) is 0 Å². The maximum atomic E-state index is 12.5. The number of carbonyl (C=O) groups is 2. The van der Waals surface area contributed by atoms with Gasteiger partial charge in [-0.15, -0.1) is 0 Å². The standard InChI is InChI=1S/C21H25N3O2/c1-15-8-9-16-6-4-5-7-19(16)24(15)14-20(25)22-18-12-10-17(11-13-18)21(26)23(2)3/h4-7,10-13,15H,8-9,14H2,1-3H3,(H,22,25)/t15-/m1/s1. The zero-order chi connectivity index (χ0) is 18.7. The third kappa shape index (κ3) is 3.87. The lowest BCUT2D eigenvalue weighted by molar-refractivity contribution is -0.115. The summed E-state index contributed by atoms with van der Waals surface area (Å²) < 4.78 is 0. The Morgan fingerprint density at radius 2 is 1.81 bits per heavy atom. The first-order chi connectivity index (χ1) is 12.5. The zero-order valence-corrected chi connectivity index (χ0v) is 15.5. The minimum Gasteiger partial charge on any atom is -0.359 e. The van der Waals surface area contributed by atoms with E-state index in [0.29, 0.717) is 23.8 Å². The molecule has 1 aliphatic heterocycles. The van der Waals surface area contributed by atoms with E-state index in [1.165, 1.54) is 10.5 Å². The summed E-state index contributed by atoms with van der Waals surface area (Å²) in [5.41, 5.74) is 3.74. The van der Waals surface area contributed by atoms with Gasteiger partial charge in [-0.1, -0.05) is 18.2 Å². The molecule has 0 aliphatic carbocycles. The van der Waals surface area contributed by atoms with Crippen LogP contribution in [0.4, 0.5) is 11.4 Å². The van der Waals surface area contributed by atoms with Gasteiger partial charge in [0.25, 0.3) is 5.91 Å². The smallest absolute Gasteiger partial charge is 0.253 e. The highest BCUT2D eigenvalue weighted by Gasteiger charge is 2.24. The van der Waals surface area contributed by atoms with E-state index in [-0.39, 0.29) is 11.8 Å². The van der Waals surface area contributed by atoms with Gasteiger partial charge in [-0.2, -0.15) is 0 Å². The lowest BCUT2D eigenvalue weighted by Crippen LogP contribution is -2.42. The predicted molar refractivity (Wildman–Crippen MR) is 105 cm³/mol. The van der Waals surface area contributed by atoms with Crippen LogP contribution >= 0.6 is 0 Å². The van der Waals surface area contributed by atoms with Gasteiger partial charge in [0.15, 0.2) is 0 Å². The third-order valence-corrected chi connectivity index (χ3v) is 4.80. The molecule has 0 fully saturated rings. The minimum atomic E-state index is -0.0553. The van der Waals surface area contributed by atoms with Crippen LogP contribution in [0.2, 0.25) is 0 Å². The molecule has 2 amide bonds. The van der Waals surface area contributed by atoms with E-state index < -0.39 is 0 Å². The van der Waals surface area contributed by atoms with Crippen molar-refractivity contribution in [3.05, 3.63) is 59.7 Å². The van der Waals surface area contributed by atoms with Crippen LogP contribution in [0.1, 0.15) is 29.3 Å². The average molecular weight is 351 g/mol. The van der Waals surface area contributed by atoms with Gasteiger partial charge in [0.2, 0.25) is 5.91 Å². The zero-order valence-electron chi connectivity index (χ0n) is 15.5. The van der Waals surface area contributed by atoms with Crippen LogP contribution in [0.5, 0.6) is 0 Å². The van der Waals surface area contributed by atoms with Gasteiger partial charge in [-0.25, -0.2) is 0 Å². The monoisotopic (exact) mass is 351 g/mol. The van der Waals surface area contributed by atoms with Gasteiger partial charge in [0.1, 0.15) is 0 Å². The molecule has 0 unspecified atom stereocenters. The second-order valence-corrected chi connectivity index (χ2v) is 6.97. The predicted octanol–water partition coefficient (Wildman–Crippen LogP) is 3.17. The first-order valence-electron chi connectivity index (χ1n) is 8.92. The fourth-order valence-corrected chi connectivity index (χ4v) is 3.31. The summed E-state index contributed by atoms with van der Waals surface area (Å²) in [6.07, 6.45) is 2.10. The Bertz CT molecular complexity index is 799. The number of amides is 2. The number of benzene rings is 2. The summed E-state index contributed by atoms with van der Waals surface area (Å²) >= 11 is 0. The first-order valence-corrected chi connectivity index (χ1v) is 8.92. The molecule has 2 aromatic rings. The number of rotatable bonds is 4. The summed E-state index contributed by atoms with van der Waals surface area (Å²) in [5, 5.41) is 2.93. The number of hydrogen-bond donors (Lipinski definition) is 1. The van der Waals surface area contributed by atoms with E-state index in [1.54, 1.807) is 38.4 Å². The minimum absolute atomic E-state index is 0.0541. The molecular formula is C21H25N3O2. The largest absolute Gasteiger partial charge is 0.359 e. The van der Waals surface area contributed by atoms with E-state index in [0.717, 1.165) is 18.5 Å². The molecule has 0 radical (unpaired) electrons. The van der Waals surface area contributed by atoms with Crippen molar-refractivity contribution in [3.8, 4) is 0 Å². The van der Waals surface area contributed by atoms with Gasteiger partial charge in [0.05, 0.1) is 6.54 Å². The van der Waals surface area contributed by atoms with Crippen LogP contribution in [0, 0.1) is 0 Å². The lowest BCUT2D eigenvalue weighted by Gasteiger charge is -2.36.